The van der Waals surface area contributed by atoms with Crippen LogP contribution in [0.4, 0.5) is 11.8 Å². The number of aromatic nitrogens is 4. The molecule has 2 aromatic rings. The third-order valence-corrected chi connectivity index (χ3v) is 7.85. The predicted molar refractivity (Wildman–Crippen MR) is 120 cm³/mol. The molecule has 0 aliphatic carbocycles. The number of rotatable bonds is 5. The average Bonchev–Trinajstić information content (AvgIpc) is 3.15. The lowest BCUT2D eigenvalue weighted by atomic mass is 10.3. The van der Waals surface area contributed by atoms with Crippen molar-refractivity contribution in [3.05, 3.63) is 23.8 Å². The Morgan fingerprint density at radius 2 is 1.55 bits per heavy atom. The van der Waals surface area contributed by atoms with E-state index in [2.05, 4.69) is 31.7 Å². The second kappa shape index (κ2) is 8.71. The van der Waals surface area contributed by atoms with Gasteiger partial charge in [-0.3, -0.25) is 0 Å². The van der Waals surface area contributed by atoms with Crippen LogP contribution in [0.25, 0.3) is 0 Å². The van der Waals surface area contributed by atoms with Crippen molar-refractivity contribution in [2.24, 2.45) is 0 Å². The second-order valence-corrected chi connectivity index (χ2v) is 10.1. The van der Waals surface area contributed by atoms with Crippen LogP contribution < -0.4 is 9.80 Å². The van der Waals surface area contributed by atoms with Crippen molar-refractivity contribution in [1.29, 1.82) is 0 Å². The Kier molecular flexibility index (Phi) is 6.18. The highest BCUT2D eigenvalue weighted by Crippen LogP contribution is 2.22. The molecule has 0 atom stereocenters. The number of anilines is 2. The third kappa shape index (κ3) is 4.53. The second-order valence-electron chi connectivity index (χ2n) is 8.26. The first-order valence-electron chi connectivity index (χ1n) is 10.9. The molecule has 2 saturated heterocycles. The van der Waals surface area contributed by atoms with Gasteiger partial charge in [0.15, 0.2) is 5.03 Å². The number of hydrogen-bond acceptors (Lipinski definition) is 8. The van der Waals surface area contributed by atoms with Crippen molar-refractivity contribution in [3.8, 4) is 0 Å². The molecule has 0 bridgehead atoms. The number of imidazole rings is 1. The van der Waals surface area contributed by atoms with Gasteiger partial charge in [-0.15, -0.1) is 0 Å². The number of nitrogens with zero attached hydrogens (tertiary/aromatic N) is 8. The normalized spacial score (nSPS) is 19.2. The first-order chi connectivity index (χ1) is 14.8. The van der Waals surface area contributed by atoms with E-state index >= 15 is 0 Å². The van der Waals surface area contributed by atoms with Crippen LogP contribution in [-0.4, -0.2) is 96.5 Å². The predicted octanol–water partition coefficient (Wildman–Crippen LogP) is 0.573. The molecule has 0 N–H and O–H groups in total. The minimum absolute atomic E-state index is 0.129. The minimum atomic E-state index is -3.60. The molecule has 0 amide bonds. The Morgan fingerprint density at radius 3 is 2.16 bits per heavy atom. The largest absolute Gasteiger partial charge is 0.354 e. The monoisotopic (exact) mass is 448 g/mol. The molecular weight excluding hydrogens is 416 g/mol. The highest BCUT2D eigenvalue weighted by molar-refractivity contribution is 7.89. The van der Waals surface area contributed by atoms with Crippen molar-refractivity contribution in [1.82, 2.24) is 28.7 Å². The summed E-state index contributed by atoms with van der Waals surface area (Å²) in [5.41, 5.74) is 0.926. The molecule has 0 saturated carbocycles. The van der Waals surface area contributed by atoms with E-state index in [1.54, 1.807) is 6.20 Å². The number of sulfonamides is 1. The van der Waals surface area contributed by atoms with Gasteiger partial charge < -0.3 is 19.3 Å². The van der Waals surface area contributed by atoms with Crippen molar-refractivity contribution in [2.45, 2.75) is 32.3 Å². The molecule has 4 heterocycles. The van der Waals surface area contributed by atoms with Crippen LogP contribution in [-0.2, 0) is 16.6 Å². The van der Waals surface area contributed by atoms with Gasteiger partial charge in [-0.25, -0.2) is 18.4 Å². The highest BCUT2D eigenvalue weighted by Gasteiger charge is 2.31. The van der Waals surface area contributed by atoms with Gasteiger partial charge in [0.2, 0.25) is 5.95 Å². The van der Waals surface area contributed by atoms with Crippen molar-refractivity contribution in [2.75, 3.05) is 69.2 Å². The summed E-state index contributed by atoms with van der Waals surface area (Å²) in [7, 11) is -1.46. The SMILES string of the molecule is CCn1cc(S(=O)(=O)N2CCN(c3nc(C)cc(N4CCN(C)CC4)n3)CC2)nc1C. The fraction of sp³-hybridized carbons (Fsp3) is 0.650. The van der Waals surface area contributed by atoms with Gasteiger partial charge in [-0.2, -0.15) is 9.29 Å². The molecule has 2 aromatic heterocycles. The average molecular weight is 449 g/mol. The minimum Gasteiger partial charge on any atom is -0.354 e. The lowest BCUT2D eigenvalue weighted by molar-refractivity contribution is 0.312. The standard InChI is InChI=1S/C20H32N8O2S/c1-5-25-15-19(22-17(25)3)31(29,30)28-12-10-27(11-13-28)20-21-16(2)14-18(23-20)26-8-6-24(4)7-9-26/h14-15H,5-13H2,1-4H3. The smallest absolute Gasteiger partial charge is 0.262 e. The van der Waals surface area contributed by atoms with E-state index in [9.17, 15) is 8.42 Å². The summed E-state index contributed by atoms with van der Waals surface area (Å²) in [5, 5.41) is 0.129. The molecule has 0 unspecified atom stereocenters. The molecule has 2 fully saturated rings. The van der Waals surface area contributed by atoms with Gasteiger partial charge >= 0.3 is 0 Å². The topological polar surface area (TPSA) is 90.7 Å². The van der Waals surface area contributed by atoms with Crippen LogP contribution in [0.3, 0.4) is 0 Å². The van der Waals surface area contributed by atoms with E-state index in [1.807, 2.05) is 31.4 Å². The summed E-state index contributed by atoms with van der Waals surface area (Å²) in [6, 6.07) is 2.03. The molecule has 2 aliphatic heterocycles. The Hall–Kier alpha value is -2.24. The zero-order valence-electron chi connectivity index (χ0n) is 18.8. The fourth-order valence-electron chi connectivity index (χ4n) is 4.06. The molecule has 170 valence electrons. The lowest BCUT2D eigenvalue weighted by Crippen LogP contribution is -2.49. The summed E-state index contributed by atoms with van der Waals surface area (Å²) < 4.78 is 29.5. The van der Waals surface area contributed by atoms with E-state index in [1.165, 1.54) is 4.31 Å². The molecule has 11 heteroatoms. The summed E-state index contributed by atoms with van der Waals surface area (Å²) in [6.07, 6.45) is 1.63. The number of hydrogen-bond donors (Lipinski definition) is 0. The zero-order valence-corrected chi connectivity index (χ0v) is 19.6. The first kappa shape index (κ1) is 22.0. The molecule has 0 radical (unpaired) electrons. The van der Waals surface area contributed by atoms with Crippen LogP contribution >= 0.6 is 0 Å². The Bertz CT molecular complexity index is 1020. The van der Waals surface area contributed by atoms with Gasteiger partial charge in [0.1, 0.15) is 11.6 Å². The van der Waals surface area contributed by atoms with Crippen LogP contribution in [0.1, 0.15) is 18.4 Å². The number of aryl methyl sites for hydroxylation is 3. The Balaban J connectivity index is 1.46. The van der Waals surface area contributed by atoms with Gasteiger partial charge in [0.25, 0.3) is 10.0 Å². The van der Waals surface area contributed by atoms with E-state index in [0.717, 1.165) is 37.7 Å². The van der Waals surface area contributed by atoms with Crippen molar-refractivity contribution in [3.63, 3.8) is 0 Å². The molecule has 31 heavy (non-hydrogen) atoms. The summed E-state index contributed by atoms with van der Waals surface area (Å²) in [4.78, 5) is 20.4. The van der Waals surface area contributed by atoms with Gasteiger partial charge in [0, 0.05) is 76.9 Å². The van der Waals surface area contributed by atoms with E-state index in [4.69, 9.17) is 4.98 Å². The summed E-state index contributed by atoms with van der Waals surface area (Å²) in [5.74, 6) is 2.34. The maximum Gasteiger partial charge on any atom is 0.262 e. The molecule has 0 aromatic carbocycles. The molecule has 10 nitrogen and oxygen atoms in total. The van der Waals surface area contributed by atoms with Crippen LogP contribution in [0.2, 0.25) is 0 Å². The summed E-state index contributed by atoms with van der Waals surface area (Å²) in [6.45, 7) is 12.3. The van der Waals surface area contributed by atoms with Crippen LogP contribution in [0.5, 0.6) is 0 Å². The number of likely N-dealkylation sites (N-methyl/N-ethyl adjacent to an activating group) is 1. The Morgan fingerprint density at radius 1 is 0.903 bits per heavy atom. The van der Waals surface area contributed by atoms with E-state index < -0.39 is 10.0 Å². The molecule has 4 rings (SSSR count). The quantitative estimate of drug-likeness (QED) is 0.656. The highest BCUT2D eigenvalue weighted by atomic mass is 32.2. The maximum atomic E-state index is 13.0. The summed E-state index contributed by atoms with van der Waals surface area (Å²) >= 11 is 0. The Labute approximate surface area is 184 Å². The van der Waals surface area contributed by atoms with Crippen LogP contribution in [0, 0.1) is 13.8 Å². The third-order valence-electron chi connectivity index (χ3n) is 6.08. The van der Waals surface area contributed by atoms with Gasteiger partial charge in [0.05, 0.1) is 0 Å². The van der Waals surface area contributed by atoms with E-state index in [-0.39, 0.29) is 5.03 Å². The van der Waals surface area contributed by atoms with Crippen LogP contribution in [0.15, 0.2) is 17.3 Å². The van der Waals surface area contributed by atoms with Crippen molar-refractivity contribution >= 4 is 21.8 Å². The maximum absolute atomic E-state index is 13.0. The zero-order chi connectivity index (χ0) is 22.2. The molecule has 2 aliphatic rings. The van der Waals surface area contributed by atoms with Gasteiger partial charge in [-0.05, 0) is 27.8 Å². The van der Waals surface area contributed by atoms with E-state index in [0.29, 0.717) is 44.5 Å². The van der Waals surface area contributed by atoms with Gasteiger partial charge in [-0.1, -0.05) is 0 Å². The van der Waals surface area contributed by atoms with Crippen molar-refractivity contribution < 1.29 is 8.42 Å². The fourth-order valence-corrected chi connectivity index (χ4v) is 5.48. The first-order valence-corrected chi connectivity index (χ1v) is 12.3. The number of piperazine rings is 2. The lowest BCUT2D eigenvalue weighted by Gasteiger charge is -2.35. The molecular formula is C20H32N8O2S. The molecule has 0 spiro atoms.